The topological polar surface area (TPSA) is 61.5 Å². The van der Waals surface area contributed by atoms with Crippen LogP contribution in [0.15, 0.2) is 24.3 Å². The van der Waals surface area contributed by atoms with E-state index < -0.39 is 10.8 Å². The third kappa shape index (κ3) is 4.04. The SMILES string of the molecule is CC1OCCC1S(=O)CCCOc1ccccc1CN. The zero-order chi connectivity index (χ0) is 14.4. The van der Waals surface area contributed by atoms with Gasteiger partial charge in [-0.1, -0.05) is 18.2 Å². The summed E-state index contributed by atoms with van der Waals surface area (Å²) in [7, 11) is -0.820. The quantitative estimate of drug-likeness (QED) is 0.780. The molecule has 2 rings (SSSR count). The largest absolute Gasteiger partial charge is 0.493 e. The Morgan fingerprint density at radius 2 is 2.25 bits per heavy atom. The fraction of sp³-hybridized carbons (Fsp3) is 0.600. The van der Waals surface area contributed by atoms with Gasteiger partial charge in [-0.3, -0.25) is 4.21 Å². The fourth-order valence-electron chi connectivity index (χ4n) is 2.41. The van der Waals surface area contributed by atoms with Crippen molar-refractivity contribution in [2.24, 2.45) is 5.73 Å². The first-order valence-corrected chi connectivity index (χ1v) is 8.50. The molecule has 1 aliphatic rings. The van der Waals surface area contributed by atoms with Crippen LogP contribution < -0.4 is 10.5 Å². The summed E-state index contributed by atoms with van der Waals surface area (Å²) in [4.78, 5) is 0. The van der Waals surface area contributed by atoms with E-state index in [0.717, 1.165) is 30.8 Å². The van der Waals surface area contributed by atoms with Crippen molar-refractivity contribution in [2.75, 3.05) is 19.0 Å². The summed E-state index contributed by atoms with van der Waals surface area (Å²) in [6.45, 7) is 3.78. The number of hydrogen-bond acceptors (Lipinski definition) is 4. The van der Waals surface area contributed by atoms with E-state index in [-0.39, 0.29) is 11.4 Å². The molecule has 1 heterocycles. The average Bonchev–Trinajstić information content (AvgIpc) is 2.90. The summed E-state index contributed by atoms with van der Waals surface area (Å²) in [5.74, 6) is 1.50. The van der Waals surface area contributed by atoms with Gasteiger partial charge in [-0.15, -0.1) is 0 Å². The van der Waals surface area contributed by atoms with Gasteiger partial charge in [0, 0.05) is 35.3 Å². The van der Waals surface area contributed by atoms with E-state index in [1.54, 1.807) is 0 Å². The van der Waals surface area contributed by atoms with Gasteiger partial charge in [0.25, 0.3) is 0 Å². The monoisotopic (exact) mass is 297 g/mol. The Balaban J connectivity index is 1.72. The molecular weight excluding hydrogens is 274 g/mol. The van der Waals surface area contributed by atoms with Crippen LogP contribution in [0.3, 0.4) is 0 Å². The van der Waals surface area contributed by atoms with E-state index in [4.69, 9.17) is 15.2 Å². The highest BCUT2D eigenvalue weighted by Crippen LogP contribution is 2.20. The van der Waals surface area contributed by atoms with Crippen LogP contribution in [-0.4, -0.2) is 34.5 Å². The predicted octanol–water partition coefficient (Wildman–Crippen LogP) is 1.84. The summed E-state index contributed by atoms with van der Waals surface area (Å²) in [5, 5.41) is 0.186. The number of para-hydroxylation sites is 1. The summed E-state index contributed by atoms with van der Waals surface area (Å²) < 4.78 is 23.3. The molecule has 0 spiro atoms. The second kappa shape index (κ2) is 7.76. The molecule has 0 radical (unpaired) electrons. The minimum absolute atomic E-state index is 0.120. The molecule has 4 nitrogen and oxygen atoms in total. The van der Waals surface area contributed by atoms with E-state index in [1.807, 2.05) is 31.2 Å². The lowest BCUT2D eigenvalue weighted by Gasteiger charge is -2.14. The lowest BCUT2D eigenvalue weighted by molar-refractivity contribution is 0.127. The Kier molecular flexibility index (Phi) is 6.01. The summed E-state index contributed by atoms with van der Waals surface area (Å²) >= 11 is 0. The highest BCUT2D eigenvalue weighted by atomic mass is 32.2. The molecule has 5 heteroatoms. The maximum absolute atomic E-state index is 12.1. The van der Waals surface area contributed by atoms with E-state index in [0.29, 0.717) is 18.9 Å². The van der Waals surface area contributed by atoms with E-state index in [1.165, 1.54) is 0 Å². The van der Waals surface area contributed by atoms with Gasteiger partial charge in [0.05, 0.1) is 18.0 Å². The Morgan fingerprint density at radius 1 is 1.45 bits per heavy atom. The summed E-state index contributed by atoms with van der Waals surface area (Å²) in [6.07, 6.45) is 1.81. The van der Waals surface area contributed by atoms with E-state index >= 15 is 0 Å². The fourth-order valence-corrected chi connectivity index (χ4v) is 3.98. The molecule has 3 atom stereocenters. The number of nitrogens with two attached hydrogens (primary N) is 1. The van der Waals surface area contributed by atoms with Gasteiger partial charge in [0.1, 0.15) is 5.75 Å². The highest BCUT2D eigenvalue weighted by Gasteiger charge is 2.29. The molecule has 0 amide bonds. The van der Waals surface area contributed by atoms with Crippen LogP contribution in [0.4, 0.5) is 0 Å². The standard InChI is InChI=1S/C15H23NO3S/c1-12-15(7-9-18-12)20(17)10-4-8-19-14-6-3-2-5-13(14)11-16/h2-3,5-6,12,15H,4,7-11,16H2,1H3. The van der Waals surface area contributed by atoms with Crippen molar-refractivity contribution in [3.8, 4) is 5.75 Å². The van der Waals surface area contributed by atoms with Gasteiger partial charge in [-0.2, -0.15) is 0 Å². The number of benzene rings is 1. The molecule has 20 heavy (non-hydrogen) atoms. The van der Waals surface area contributed by atoms with Crippen LogP contribution in [0.2, 0.25) is 0 Å². The van der Waals surface area contributed by atoms with Crippen molar-refractivity contribution in [2.45, 2.75) is 37.7 Å². The molecule has 0 bridgehead atoms. The molecule has 1 aromatic carbocycles. The van der Waals surface area contributed by atoms with Crippen LogP contribution in [0.1, 0.15) is 25.3 Å². The van der Waals surface area contributed by atoms with E-state index in [9.17, 15) is 4.21 Å². The maximum Gasteiger partial charge on any atom is 0.123 e. The third-order valence-electron chi connectivity index (χ3n) is 3.58. The summed E-state index contributed by atoms with van der Waals surface area (Å²) in [5.41, 5.74) is 6.66. The molecule has 0 aliphatic carbocycles. The van der Waals surface area contributed by atoms with Gasteiger partial charge in [0.15, 0.2) is 0 Å². The van der Waals surface area contributed by atoms with Crippen LogP contribution in [-0.2, 0) is 22.1 Å². The van der Waals surface area contributed by atoms with Crippen molar-refractivity contribution < 1.29 is 13.7 Å². The maximum atomic E-state index is 12.1. The van der Waals surface area contributed by atoms with Crippen LogP contribution in [0.25, 0.3) is 0 Å². The molecule has 1 aromatic rings. The number of ether oxygens (including phenoxy) is 2. The smallest absolute Gasteiger partial charge is 0.123 e. The van der Waals surface area contributed by atoms with Crippen molar-refractivity contribution in [1.29, 1.82) is 0 Å². The number of hydrogen-bond donors (Lipinski definition) is 1. The molecular formula is C15H23NO3S. The zero-order valence-corrected chi connectivity index (χ0v) is 12.7. The highest BCUT2D eigenvalue weighted by molar-refractivity contribution is 7.85. The second-order valence-corrected chi connectivity index (χ2v) is 6.78. The first-order valence-electron chi connectivity index (χ1n) is 7.12. The van der Waals surface area contributed by atoms with Gasteiger partial charge < -0.3 is 15.2 Å². The molecule has 1 aliphatic heterocycles. The van der Waals surface area contributed by atoms with Crippen molar-refractivity contribution in [3.63, 3.8) is 0 Å². The Labute approximate surface area is 123 Å². The minimum atomic E-state index is -0.820. The lowest BCUT2D eigenvalue weighted by atomic mass is 10.2. The second-order valence-electron chi connectivity index (χ2n) is 5.00. The van der Waals surface area contributed by atoms with Crippen LogP contribution >= 0.6 is 0 Å². The molecule has 0 saturated carbocycles. The van der Waals surface area contributed by atoms with Gasteiger partial charge in [-0.25, -0.2) is 0 Å². The third-order valence-corrected chi connectivity index (χ3v) is 5.57. The average molecular weight is 297 g/mol. The normalized spacial score (nSPS) is 23.7. The van der Waals surface area contributed by atoms with Gasteiger partial charge in [-0.05, 0) is 25.8 Å². The molecule has 2 N–H and O–H groups in total. The van der Waals surface area contributed by atoms with Crippen LogP contribution in [0.5, 0.6) is 5.75 Å². The summed E-state index contributed by atoms with van der Waals surface area (Å²) in [6, 6.07) is 7.77. The Morgan fingerprint density at radius 3 is 2.95 bits per heavy atom. The molecule has 1 saturated heterocycles. The molecule has 1 fully saturated rings. The van der Waals surface area contributed by atoms with E-state index in [2.05, 4.69) is 0 Å². The Hall–Kier alpha value is -0.910. The van der Waals surface area contributed by atoms with Gasteiger partial charge >= 0.3 is 0 Å². The molecule has 3 unspecified atom stereocenters. The van der Waals surface area contributed by atoms with Crippen LogP contribution in [0, 0.1) is 0 Å². The molecule has 112 valence electrons. The first-order chi connectivity index (χ1) is 9.72. The molecule has 0 aromatic heterocycles. The predicted molar refractivity (Wildman–Crippen MR) is 81.3 cm³/mol. The Bertz CT molecular complexity index is 452. The van der Waals surface area contributed by atoms with Crippen molar-refractivity contribution in [3.05, 3.63) is 29.8 Å². The zero-order valence-electron chi connectivity index (χ0n) is 11.9. The van der Waals surface area contributed by atoms with Gasteiger partial charge in [0.2, 0.25) is 0 Å². The number of rotatable bonds is 7. The van der Waals surface area contributed by atoms with Crippen molar-refractivity contribution in [1.82, 2.24) is 0 Å². The lowest BCUT2D eigenvalue weighted by Crippen LogP contribution is -2.25. The van der Waals surface area contributed by atoms with Crippen molar-refractivity contribution >= 4 is 10.8 Å². The minimum Gasteiger partial charge on any atom is -0.493 e. The first kappa shape index (κ1) is 15.5.